The first-order valence-corrected chi connectivity index (χ1v) is 9.45. The quantitative estimate of drug-likeness (QED) is 0.665. The Hall–Kier alpha value is -2.11. The van der Waals surface area contributed by atoms with Crippen LogP contribution in [0.2, 0.25) is 0 Å². The van der Waals surface area contributed by atoms with Gasteiger partial charge in [0, 0.05) is 0 Å². The highest BCUT2D eigenvalue weighted by atomic mass is 16.5. The summed E-state index contributed by atoms with van der Waals surface area (Å²) in [6.45, 7) is 4.36. The van der Waals surface area contributed by atoms with Gasteiger partial charge in [-0.15, -0.1) is 0 Å². The van der Waals surface area contributed by atoms with Gasteiger partial charge in [0.05, 0.1) is 23.8 Å². The van der Waals surface area contributed by atoms with Crippen LogP contribution in [0.5, 0.6) is 0 Å². The highest BCUT2D eigenvalue weighted by Crippen LogP contribution is 2.35. The van der Waals surface area contributed by atoms with Crippen LogP contribution in [-0.2, 0) is 4.74 Å². The minimum atomic E-state index is 0.383. The van der Waals surface area contributed by atoms with Crippen molar-refractivity contribution in [2.24, 2.45) is 0 Å². The summed E-state index contributed by atoms with van der Waals surface area (Å²) in [6.07, 6.45) is 6.71. The number of hydrogen-bond donors (Lipinski definition) is 0. The molecule has 1 saturated carbocycles. The van der Waals surface area contributed by atoms with Gasteiger partial charge in [-0.2, -0.15) is 5.26 Å². The van der Waals surface area contributed by atoms with E-state index in [2.05, 4.69) is 44.2 Å². The lowest BCUT2D eigenvalue weighted by atomic mass is 9.82. The smallest absolute Gasteiger partial charge is 0.0991 e. The molecule has 0 bridgehead atoms. The van der Waals surface area contributed by atoms with Gasteiger partial charge in [-0.05, 0) is 73.8 Å². The van der Waals surface area contributed by atoms with E-state index < -0.39 is 0 Å². The van der Waals surface area contributed by atoms with Crippen molar-refractivity contribution < 1.29 is 4.74 Å². The van der Waals surface area contributed by atoms with E-state index in [0.717, 1.165) is 12.0 Å². The summed E-state index contributed by atoms with van der Waals surface area (Å²) in [5.41, 5.74) is 4.52. The summed E-state index contributed by atoms with van der Waals surface area (Å²) in [6, 6.07) is 18.9. The molecule has 1 aliphatic rings. The lowest BCUT2D eigenvalue weighted by Gasteiger charge is -2.30. The van der Waals surface area contributed by atoms with Crippen molar-refractivity contribution in [1.82, 2.24) is 0 Å². The summed E-state index contributed by atoms with van der Waals surface area (Å²) in [5.74, 6) is 0.659. The van der Waals surface area contributed by atoms with Crippen molar-refractivity contribution in [2.45, 2.75) is 64.1 Å². The zero-order valence-corrected chi connectivity index (χ0v) is 15.2. The van der Waals surface area contributed by atoms with Crippen molar-refractivity contribution in [3.8, 4) is 17.2 Å². The number of hydrogen-bond acceptors (Lipinski definition) is 2. The third kappa shape index (κ3) is 4.50. The molecule has 0 N–H and O–H groups in total. The van der Waals surface area contributed by atoms with Gasteiger partial charge in [-0.1, -0.05) is 43.3 Å². The molecule has 1 atom stereocenters. The first-order chi connectivity index (χ1) is 12.2. The fourth-order valence-electron chi connectivity index (χ4n) is 3.64. The standard InChI is InChI=1S/C23H27NO/c1-3-17(2)25-23-14-12-22(13-15-23)21-10-8-20(9-11-21)19-6-4-18(16-24)5-7-19/h4-11,17,22-23H,3,12-15H2,1-2H3. The minimum Gasteiger partial charge on any atom is -0.375 e. The van der Waals surface area contributed by atoms with Crippen LogP contribution in [0.3, 0.4) is 0 Å². The van der Waals surface area contributed by atoms with E-state index in [1.54, 1.807) is 0 Å². The molecule has 3 rings (SSSR count). The SMILES string of the molecule is CCC(C)OC1CCC(c2ccc(-c3ccc(C#N)cc3)cc2)CC1. The Kier molecular flexibility index (Phi) is 5.89. The van der Waals surface area contributed by atoms with Crippen LogP contribution in [0.25, 0.3) is 11.1 Å². The Morgan fingerprint density at radius 3 is 2.04 bits per heavy atom. The molecule has 1 unspecified atom stereocenters. The second-order valence-corrected chi connectivity index (χ2v) is 7.14. The van der Waals surface area contributed by atoms with Crippen LogP contribution in [0.1, 0.15) is 63.0 Å². The molecule has 0 aliphatic heterocycles. The Bertz CT molecular complexity index is 703. The molecule has 130 valence electrons. The van der Waals surface area contributed by atoms with E-state index in [1.807, 2.05) is 24.3 Å². The topological polar surface area (TPSA) is 33.0 Å². The van der Waals surface area contributed by atoms with Crippen molar-refractivity contribution in [3.63, 3.8) is 0 Å². The molecule has 0 spiro atoms. The van der Waals surface area contributed by atoms with Crippen LogP contribution in [0.4, 0.5) is 0 Å². The van der Waals surface area contributed by atoms with Crippen molar-refractivity contribution in [2.75, 3.05) is 0 Å². The van der Waals surface area contributed by atoms with E-state index >= 15 is 0 Å². The van der Waals surface area contributed by atoms with Crippen molar-refractivity contribution in [3.05, 3.63) is 59.7 Å². The molecule has 25 heavy (non-hydrogen) atoms. The molecule has 1 aliphatic carbocycles. The Balaban J connectivity index is 1.60. The molecule has 0 radical (unpaired) electrons. The minimum absolute atomic E-state index is 0.383. The van der Waals surface area contributed by atoms with Gasteiger partial charge in [0.25, 0.3) is 0 Å². The Morgan fingerprint density at radius 2 is 1.52 bits per heavy atom. The number of ether oxygens (including phenoxy) is 1. The second-order valence-electron chi connectivity index (χ2n) is 7.14. The maximum atomic E-state index is 8.90. The zero-order chi connectivity index (χ0) is 17.6. The molecule has 2 nitrogen and oxygen atoms in total. The van der Waals surface area contributed by atoms with E-state index in [9.17, 15) is 0 Å². The molecular formula is C23H27NO. The molecule has 2 heteroatoms. The van der Waals surface area contributed by atoms with Crippen LogP contribution in [0, 0.1) is 11.3 Å². The van der Waals surface area contributed by atoms with E-state index in [-0.39, 0.29) is 0 Å². The summed E-state index contributed by atoms with van der Waals surface area (Å²) < 4.78 is 6.10. The normalized spacial score (nSPS) is 21.5. The van der Waals surface area contributed by atoms with Gasteiger partial charge in [0.2, 0.25) is 0 Å². The van der Waals surface area contributed by atoms with Gasteiger partial charge in [-0.25, -0.2) is 0 Å². The van der Waals surface area contributed by atoms with Gasteiger partial charge in [-0.3, -0.25) is 0 Å². The predicted molar refractivity (Wildman–Crippen MR) is 102 cm³/mol. The van der Waals surface area contributed by atoms with Crippen molar-refractivity contribution >= 4 is 0 Å². The largest absolute Gasteiger partial charge is 0.375 e. The van der Waals surface area contributed by atoms with E-state index in [0.29, 0.717) is 23.7 Å². The lowest BCUT2D eigenvalue weighted by molar-refractivity contribution is -0.0246. The van der Waals surface area contributed by atoms with Crippen LogP contribution in [-0.4, -0.2) is 12.2 Å². The summed E-state index contributed by atoms with van der Waals surface area (Å²) in [5, 5.41) is 8.90. The van der Waals surface area contributed by atoms with Crippen LogP contribution in [0.15, 0.2) is 48.5 Å². The Labute approximate surface area is 151 Å². The fraction of sp³-hybridized carbons (Fsp3) is 0.435. The molecule has 0 saturated heterocycles. The monoisotopic (exact) mass is 333 g/mol. The van der Waals surface area contributed by atoms with Crippen LogP contribution >= 0.6 is 0 Å². The highest BCUT2D eigenvalue weighted by Gasteiger charge is 2.23. The van der Waals surface area contributed by atoms with Gasteiger partial charge in [0.1, 0.15) is 0 Å². The maximum absolute atomic E-state index is 8.90. The van der Waals surface area contributed by atoms with E-state index in [4.69, 9.17) is 10.00 Å². The molecular weight excluding hydrogens is 306 g/mol. The van der Waals surface area contributed by atoms with Crippen LogP contribution < -0.4 is 0 Å². The van der Waals surface area contributed by atoms with Gasteiger partial charge in [0.15, 0.2) is 0 Å². The number of benzene rings is 2. The second kappa shape index (κ2) is 8.32. The third-order valence-electron chi connectivity index (χ3n) is 5.40. The summed E-state index contributed by atoms with van der Waals surface area (Å²) in [7, 11) is 0. The first kappa shape index (κ1) is 17.7. The lowest BCUT2D eigenvalue weighted by Crippen LogP contribution is -2.24. The molecule has 0 amide bonds. The van der Waals surface area contributed by atoms with E-state index in [1.165, 1.54) is 36.8 Å². The number of rotatable bonds is 5. The average Bonchev–Trinajstić information content (AvgIpc) is 2.69. The highest BCUT2D eigenvalue weighted by molar-refractivity contribution is 5.64. The molecule has 1 fully saturated rings. The Morgan fingerprint density at radius 1 is 0.960 bits per heavy atom. The zero-order valence-electron chi connectivity index (χ0n) is 15.2. The molecule has 0 heterocycles. The van der Waals surface area contributed by atoms with Gasteiger partial charge >= 0.3 is 0 Å². The number of nitrogens with zero attached hydrogens (tertiary/aromatic N) is 1. The summed E-state index contributed by atoms with van der Waals surface area (Å²) in [4.78, 5) is 0. The molecule has 0 aromatic heterocycles. The maximum Gasteiger partial charge on any atom is 0.0991 e. The van der Waals surface area contributed by atoms with Crippen molar-refractivity contribution in [1.29, 1.82) is 5.26 Å². The third-order valence-corrected chi connectivity index (χ3v) is 5.40. The molecule has 2 aromatic carbocycles. The number of nitriles is 1. The van der Waals surface area contributed by atoms with Gasteiger partial charge < -0.3 is 4.74 Å². The average molecular weight is 333 g/mol. The predicted octanol–water partition coefficient (Wildman–Crippen LogP) is 6.07. The molecule has 2 aromatic rings. The first-order valence-electron chi connectivity index (χ1n) is 9.45. The fourth-order valence-corrected chi connectivity index (χ4v) is 3.64. The summed E-state index contributed by atoms with van der Waals surface area (Å²) >= 11 is 0.